The molecule has 4 heteroatoms. The predicted octanol–water partition coefficient (Wildman–Crippen LogP) is 1.35. The summed E-state index contributed by atoms with van der Waals surface area (Å²) < 4.78 is 5.05. The molecule has 2 N–H and O–H groups in total. The van der Waals surface area contributed by atoms with Crippen LogP contribution in [0.2, 0.25) is 0 Å². The molecule has 2 rings (SSSR count). The fourth-order valence-electron chi connectivity index (χ4n) is 1.69. The average molecular weight is 208 g/mol. The molecule has 1 aromatic carbocycles. The zero-order valence-electron chi connectivity index (χ0n) is 8.14. The van der Waals surface area contributed by atoms with Gasteiger partial charge in [0, 0.05) is 12.8 Å². The third kappa shape index (κ3) is 2.21. The Morgan fingerprint density at radius 3 is 2.73 bits per heavy atom. The average Bonchev–Trinajstić information content (AvgIpc) is 2.58. The second-order valence-electron chi connectivity index (χ2n) is 3.68. The fourth-order valence-corrected chi connectivity index (χ4v) is 1.69. The van der Waals surface area contributed by atoms with E-state index in [1.165, 1.54) is 12.1 Å². The number of ether oxygens (including phenoxy) is 1. The number of cyclic esters (lactones) is 1. The van der Waals surface area contributed by atoms with Crippen LogP contribution in [0.4, 0.5) is 0 Å². The highest BCUT2D eigenvalue weighted by Crippen LogP contribution is 2.27. The molecule has 15 heavy (non-hydrogen) atoms. The van der Waals surface area contributed by atoms with Gasteiger partial charge in [-0.05, 0) is 24.1 Å². The van der Waals surface area contributed by atoms with E-state index in [9.17, 15) is 9.90 Å². The van der Waals surface area contributed by atoms with E-state index >= 15 is 0 Å². The van der Waals surface area contributed by atoms with Gasteiger partial charge >= 0.3 is 5.97 Å². The zero-order valence-corrected chi connectivity index (χ0v) is 8.14. The summed E-state index contributed by atoms with van der Waals surface area (Å²) in [6, 6.07) is 4.63. The maximum atomic E-state index is 10.9. The summed E-state index contributed by atoms with van der Waals surface area (Å²) in [6.45, 7) is 0. The van der Waals surface area contributed by atoms with Crippen LogP contribution in [0.1, 0.15) is 18.4 Å². The summed E-state index contributed by atoms with van der Waals surface area (Å²) in [6.07, 6.45) is 1.68. The normalized spacial score (nSPS) is 20.3. The van der Waals surface area contributed by atoms with Crippen molar-refractivity contribution in [1.82, 2.24) is 0 Å². The van der Waals surface area contributed by atoms with Gasteiger partial charge in [-0.2, -0.15) is 0 Å². The maximum absolute atomic E-state index is 10.9. The Bertz CT molecular complexity index is 386. The summed E-state index contributed by atoms with van der Waals surface area (Å²) in [5.41, 5.74) is 0.852. The largest absolute Gasteiger partial charge is 0.504 e. The van der Waals surface area contributed by atoms with Gasteiger partial charge in [-0.1, -0.05) is 6.07 Å². The molecule has 0 aliphatic carbocycles. The highest BCUT2D eigenvalue weighted by Gasteiger charge is 2.23. The van der Waals surface area contributed by atoms with E-state index in [4.69, 9.17) is 9.84 Å². The van der Waals surface area contributed by atoms with Crippen molar-refractivity contribution in [2.24, 2.45) is 0 Å². The summed E-state index contributed by atoms with van der Waals surface area (Å²) in [5, 5.41) is 18.4. The number of rotatable bonds is 2. The first-order valence-electron chi connectivity index (χ1n) is 4.85. The molecular weight excluding hydrogens is 196 g/mol. The van der Waals surface area contributed by atoms with Crippen molar-refractivity contribution in [3.63, 3.8) is 0 Å². The molecule has 1 fully saturated rings. The van der Waals surface area contributed by atoms with Gasteiger partial charge in [0.25, 0.3) is 0 Å². The maximum Gasteiger partial charge on any atom is 0.306 e. The lowest BCUT2D eigenvalue weighted by molar-refractivity contribution is -0.141. The number of hydrogen-bond donors (Lipinski definition) is 2. The van der Waals surface area contributed by atoms with Gasteiger partial charge in [0.15, 0.2) is 11.5 Å². The fraction of sp³-hybridized carbons (Fsp3) is 0.364. The lowest BCUT2D eigenvalue weighted by Gasteiger charge is -2.09. The topological polar surface area (TPSA) is 66.8 Å². The molecule has 1 aliphatic heterocycles. The molecule has 0 saturated carbocycles. The number of phenols is 2. The molecule has 0 spiro atoms. The molecule has 1 aliphatic rings. The van der Waals surface area contributed by atoms with Crippen LogP contribution < -0.4 is 0 Å². The SMILES string of the molecule is O=C1CC[C@@H](Cc2ccc(O)c(O)c2)O1. The number of phenolic OH excluding ortho intramolecular Hbond substituents is 2. The number of aromatic hydroxyl groups is 2. The Labute approximate surface area is 87.1 Å². The van der Waals surface area contributed by atoms with Crippen LogP contribution in [-0.4, -0.2) is 22.3 Å². The third-order valence-corrected chi connectivity index (χ3v) is 2.47. The molecule has 1 aromatic rings. The van der Waals surface area contributed by atoms with Crippen molar-refractivity contribution in [3.05, 3.63) is 23.8 Å². The van der Waals surface area contributed by atoms with Gasteiger partial charge in [-0.3, -0.25) is 4.79 Å². The minimum absolute atomic E-state index is 0.0959. The van der Waals surface area contributed by atoms with Crippen molar-refractivity contribution in [1.29, 1.82) is 0 Å². The standard InChI is InChI=1S/C11H12O4/c12-9-3-1-7(6-10(9)13)5-8-2-4-11(14)15-8/h1,3,6,8,12-13H,2,4-5H2/t8-/m0/s1. The predicted molar refractivity (Wildman–Crippen MR) is 52.6 cm³/mol. The highest BCUT2D eigenvalue weighted by atomic mass is 16.5. The minimum atomic E-state index is -0.164. The second kappa shape index (κ2) is 3.81. The summed E-state index contributed by atoms with van der Waals surface area (Å²) in [5.74, 6) is -0.443. The van der Waals surface area contributed by atoms with E-state index in [2.05, 4.69) is 0 Å². The van der Waals surface area contributed by atoms with Crippen molar-refractivity contribution in [3.8, 4) is 11.5 Å². The molecule has 4 nitrogen and oxygen atoms in total. The van der Waals surface area contributed by atoms with Gasteiger partial charge in [-0.25, -0.2) is 0 Å². The third-order valence-electron chi connectivity index (χ3n) is 2.47. The van der Waals surface area contributed by atoms with Gasteiger partial charge in [0.05, 0.1) is 0 Å². The first-order chi connectivity index (χ1) is 7.15. The minimum Gasteiger partial charge on any atom is -0.504 e. The van der Waals surface area contributed by atoms with Gasteiger partial charge in [0.2, 0.25) is 0 Å². The second-order valence-corrected chi connectivity index (χ2v) is 3.68. The number of esters is 1. The van der Waals surface area contributed by atoms with Crippen LogP contribution in [0.25, 0.3) is 0 Å². The van der Waals surface area contributed by atoms with Crippen LogP contribution in [0.5, 0.6) is 11.5 Å². The Hall–Kier alpha value is -1.71. The lowest BCUT2D eigenvalue weighted by atomic mass is 10.1. The van der Waals surface area contributed by atoms with E-state index in [-0.39, 0.29) is 23.6 Å². The molecule has 0 bridgehead atoms. The van der Waals surface area contributed by atoms with Crippen LogP contribution in [0.3, 0.4) is 0 Å². The van der Waals surface area contributed by atoms with Gasteiger partial charge in [-0.15, -0.1) is 0 Å². The summed E-state index contributed by atoms with van der Waals surface area (Å²) >= 11 is 0. The number of carbonyl (C=O) groups excluding carboxylic acids is 1. The Morgan fingerprint density at radius 2 is 2.13 bits per heavy atom. The van der Waals surface area contributed by atoms with Crippen LogP contribution >= 0.6 is 0 Å². The molecule has 0 radical (unpaired) electrons. The van der Waals surface area contributed by atoms with Gasteiger partial charge < -0.3 is 14.9 Å². The van der Waals surface area contributed by atoms with Crippen molar-refractivity contribution >= 4 is 5.97 Å². The first kappa shape index (κ1) is 9.83. The molecule has 80 valence electrons. The molecule has 1 atom stereocenters. The smallest absolute Gasteiger partial charge is 0.306 e. The molecule has 0 amide bonds. The molecular formula is C11H12O4. The zero-order chi connectivity index (χ0) is 10.8. The van der Waals surface area contributed by atoms with E-state index in [0.29, 0.717) is 12.8 Å². The Kier molecular flexibility index (Phi) is 2.49. The Balaban J connectivity index is 2.05. The monoisotopic (exact) mass is 208 g/mol. The van der Waals surface area contributed by atoms with Crippen LogP contribution in [0.15, 0.2) is 18.2 Å². The number of carbonyl (C=O) groups is 1. The first-order valence-corrected chi connectivity index (χ1v) is 4.85. The van der Waals surface area contributed by atoms with E-state index in [1.807, 2.05) is 0 Å². The van der Waals surface area contributed by atoms with Crippen molar-refractivity contribution < 1.29 is 19.7 Å². The van der Waals surface area contributed by atoms with E-state index in [1.54, 1.807) is 6.07 Å². The van der Waals surface area contributed by atoms with Crippen LogP contribution in [0, 0.1) is 0 Å². The molecule has 0 unspecified atom stereocenters. The van der Waals surface area contributed by atoms with E-state index < -0.39 is 0 Å². The number of hydrogen-bond acceptors (Lipinski definition) is 4. The van der Waals surface area contributed by atoms with Crippen molar-refractivity contribution in [2.45, 2.75) is 25.4 Å². The van der Waals surface area contributed by atoms with Crippen molar-refractivity contribution in [2.75, 3.05) is 0 Å². The van der Waals surface area contributed by atoms with E-state index in [0.717, 1.165) is 12.0 Å². The quantitative estimate of drug-likeness (QED) is 0.568. The molecule has 1 saturated heterocycles. The summed E-state index contributed by atoms with van der Waals surface area (Å²) in [7, 11) is 0. The summed E-state index contributed by atoms with van der Waals surface area (Å²) in [4.78, 5) is 10.9. The lowest BCUT2D eigenvalue weighted by Crippen LogP contribution is -2.10. The van der Waals surface area contributed by atoms with Crippen LogP contribution in [-0.2, 0) is 16.0 Å². The highest BCUT2D eigenvalue weighted by molar-refractivity contribution is 5.71. The molecule has 0 aromatic heterocycles. The van der Waals surface area contributed by atoms with Gasteiger partial charge in [0.1, 0.15) is 6.10 Å². The number of benzene rings is 1. The Morgan fingerprint density at radius 1 is 1.33 bits per heavy atom. The molecule has 1 heterocycles.